The normalized spacial score (nSPS) is 10.2. The van der Waals surface area contributed by atoms with Crippen LogP contribution in [0.15, 0.2) is 56.7 Å². The maximum atomic E-state index is 11.1. The van der Waals surface area contributed by atoms with Gasteiger partial charge in [-0.15, -0.1) is 0 Å². The predicted octanol–water partition coefficient (Wildman–Crippen LogP) is 4.31. The Hall–Kier alpha value is -1.46. The highest BCUT2D eigenvalue weighted by Crippen LogP contribution is 2.32. The molecule has 0 heterocycles. The van der Waals surface area contributed by atoms with Crippen LogP contribution in [0, 0.1) is 0 Å². The number of hydrogen-bond acceptors (Lipinski definition) is 3. The van der Waals surface area contributed by atoms with Gasteiger partial charge in [0.2, 0.25) is 0 Å². The maximum absolute atomic E-state index is 11.1. The summed E-state index contributed by atoms with van der Waals surface area (Å²) in [5, 5.41) is 9.13. The van der Waals surface area contributed by atoms with E-state index in [-0.39, 0.29) is 5.56 Å². The Morgan fingerprint density at radius 3 is 2.37 bits per heavy atom. The van der Waals surface area contributed by atoms with Crippen molar-refractivity contribution in [2.45, 2.75) is 9.79 Å². The van der Waals surface area contributed by atoms with Gasteiger partial charge in [-0.2, -0.15) is 0 Å². The summed E-state index contributed by atoms with van der Waals surface area (Å²) in [5.41, 5.74) is 0.171. The number of carboxylic acid groups (broad SMARTS) is 1. The third-order valence-electron chi connectivity index (χ3n) is 2.45. The van der Waals surface area contributed by atoms with Gasteiger partial charge in [0.15, 0.2) is 0 Å². The van der Waals surface area contributed by atoms with Crippen molar-refractivity contribution in [2.24, 2.45) is 0 Å². The standard InChI is InChI=1S/C14H11BrO3S/c1-18-13-7-6-11(8-12(13)14(16)17)19-10-4-2-9(15)3-5-10/h2-8H,1H3,(H,16,17). The molecule has 0 bridgehead atoms. The number of benzene rings is 2. The Balaban J connectivity index is 2.28. The van der Waals surface area contributed by atoms with Gasteiger partial charge in [-0.25, -0.2) is 4.79 Å². The topological polar surface area (TPSA) is 46.5 Å². The molecule has 98 valence electrons. The van der Waals surface area contributed by atoms with E-state index in [1.807, 2.05) is 30.3 Å². The number of halogens is 1. The van der Waals surface area contributed by atoms with E-state index in [1.54, 1.807) is 12.1 Å². The number of hydrogen-bond donors (Lipinski definition) is 1. The average Bonchev–Trinajstić information content (AvgIpc) is 2.41. The molecule has 0 atom stereocenters. The second kappa shape index (κ2) is 6.12. The van der Waals surface area contributed by atoms with Gasteiger partial charge in [0.05, 0.1) is 7.11 Å². The zero-order chi connectivity index (χ0) is 13.8. The molecule has 0 aliphatic carbocycles. The molecule has 0 saturated heterocycles. The summed E-state index contributed by atoms with van der Waals surface area (Å²) < 4.78 is 6.04. The molecule has 2 aromatic carbocycles. The van der Waals surface area contributed by atoms with E-state index in [2.05, 4.69) is 15.9 Å². The van der Waals surface area contributed by atoms with Gasteiger partial charge >= 0.3 is 5.97 Å². The molecule has 2 rings (SSSR count). The van der Waals surface area contributed by atoms with Crippen LogP contribution in [0.1, 0.15) is 10.4 Å². The van der Waals surface area contributed by atoms with E-state index < -0.39 is 5.97 Å². The number of rotatable bonds is 4. The van der Waals surface area contributed by atoms with E-state index in [4.69, 9.17) is 9.84 Å². The molecule has 0 fully saturated rings. The highest BCUT2D eigenvalue weighted by molar-refractivity contribution is 9.10. The number of ether oxygens (including phenoxy) is 1. The first-order valence-electron chi connectivity index (χ1n) is 5.45. The maximum Gasteiger partial charge on any atom is 0.339 e. The lowest BCUT2D eigenvalue weighted by Gasteiger charge is -2.07. The molecular weight excluding hydrogens is 328 g/mol. The van der Waals surface area contributed by atoms with Crippen LogP contribution in [-0.2, 0) is 0 Å². The SMILES string of the molecule is COc1ccc(Sc2ccc(Br)cc2)cc1C(=O)O. The largest absolute Gasteiger partial charge is 0.496 e. The summed E-state index contributed by atoms with van der Waals surface area (Å²) in [5.74, 6) is -0.622. The van der Waals surface area contributed by atoms with E-state index in [0.29, 0.717) is 5.75 Å². The minimum atomic E-state index is -0.991. The molecule has 5 heteroatoms. The fourth-order valence-corrected chi connectivity index (χ4v) is 2.68. The van der Waals surface area contributed by atoms with Crippen LogP contribution < -0.4 is 4.74 Å². The summed E-state index contributed by atoms with van der Waals surface area (Å²) >= 11 is 4.88. The first-order chi connectivity index (χ1) is 9.10. The van der Waals surface area contributed by atoms with E-state index in [0.717, 1.165) is 14.3 Å². The van der Waals surface area contributed by atoms with Crippen molar-refractivity contribution in [3.8, 4) is 5.75 Å². The lowest BCUT2D eigenvalue weighted by atomic mass is 10.2. The highest BCUT2D eigenvalue weighted by Gasteiger charge is 2.12. The van der Waals surface area contributed by atoms with Gasteiger partial charge in [0.1, 0.15) is 11.3 Å². The minimum absolute atomic E-state index is 0.171. The van der Waals surface area contributed by atoms with E-state index in [1.165, 1.54) is 18.9 Å². The Kier molecular flexibility index (Phi) is 4.50. The molecule has 1 N–H and O–H groups in total. The fraction of sp³-hybridized carbons (Fsp3) is 0.0714. The van der Waals surface area contributed by atoms with Crippen LogP contribution in [0.25, 0.3) is 0 Å². The number of carboxylic acids is 1. The minimum Gasteiger partial charge on any atom is -0.496 e. The van der Waals surface area contributed by atoms with Gasteiger partial charge in [0, 0.05) is 14.3 Å². The molecule has 0 aliphatic rings. The van der Waals surface area contributed by atoms with Crippen molar-refractivity contribution in [3.63, 3.8) is 0 Å². The van der Waals surface area contributed by atoms with Crippen molar-refractivity contribution < 1.29 is 14.6 Å². The Morgan fingerprint density at radius 1 is 1.16 bits per heavy atom. The van der Waals surface area contributed by atoms with Crippen LogP contribution in [0.5, 0.6) is 5.75 Å². The Bertz CT molecular complexity index is 596. The van der Waals surface area contributed by atoms with Crippen molar-refractivity contribution >= 4 is 33.7 Å². The molecule has 0 aromatic heterocycles. The lowest BCUT2D eigenvalue weighted by Crippen LogP contribution is -2.00. The van der Waals surface area contributed by atoms with Gasteiger partial charge in [0.25, 0.3) is 0 Å². The summed E-state index contributed by atoms with van der Waals surface area (Å²) in [6.45, 7) is 0. The van der Waals surface area contributed by atoms with Crippen LogP contribution in [-0.4, -0.2) is 18.2 Å². The van der Waals surface area contributed by atoms with E-state index in [9.17, 15) is 4.79 Å². The first kappa shape index (κ1) is 14.0. The van der Waals surface area contributed by atoms with Gasteiger partial charge in [-0.1, -0.05) is 27.7 Å². The quantitative estimate of drug-likeness (QED) is 0.902. The molecule has 0 spiro atoms. The van der Waals surface area contributed by atoms with Crippen LogP contribution in [0.2, 0.25) is 0 Å². The highest BCUT2D eigenvalue weighted by atomic mass is 79.9. The van der Waals surface area contributed by atoms with Gasteiger partial charge in [-0.3, -0.25) is 0 Å². The zero-order valence-electron chi connectivity index (χ0n) is 10.1. The molecule has 0 saturated carbocycles. The Morgan fingerprint density at radius 2 is 1.79 bits per heavy atom. The molecular formula is C14H11BrO3S. The van der Waals surface area contributed by atoms with Crippen LogP contribution in [0.4, 0.5) is 0 Å². The molecule has 0 aliphatic heterocycles. The molecule has 3 nitrogen and oxygen atoms in total. The van der Waals surface area contributed by atoms with Crippen LogP contribution in [0.3, 0.4) is 0 Å². The molecule has 0 amide bonds. The van der Waals surface area contributed by atoms with Crippen molar-refractivity contribution in [1.29, 1.82) is 0 Å². The van der Waals surface area contributed by atoms with Crippen molar-refractivity contribution in [3.05, 3.63) is 52.5 Å². The third kappa shape index (κ3) is 3.52. The molecule has 0 radical (unpaired) electrons. The zero-order valence-corrected chi connectivity index (χ0v) is 12.5. The summed E-state index contributed by atoms with van der Waals surface area (Å²) in [6.07, 6.45) is 0. The summed E-state index contributed by atoms with van der Waals surface area (Å²) in [6, 6.07) is 13.0. The molecule has 19 heavy (non-hydrogen) atoms. The first-order valence-corrected chi connectivity index (χ1v) is 7.06. The van der Waals surface area contributed by atoms with Crippen LogP contribution >= 0.6 is 27.7 Å². The number of carbonyl (C=O) groups is 1. The third-order valence-corrected chi connectivity index (χ3v) is 3.98. The summed E-state index contributed by atoms with van der Waals surface area (Å²) in [7, 11) is 1.46. The number of methoxy groups -OCH3 is 1. The molecule has 0 unspecified atom stereocenters. The lowest BCUT2D eigenvalue weighted by molar-refractivity contribution is 0.0693. The van der Waals surface area contributed by atoms with Crippen molar-refractivity contribution in [2.75, 3.05) is 7.11 Å². The number of aromatic carboxylic acids is 1. The van der Waals surface area contributed by atoms with Gasteiger partial charge in [-0.05, 0) is 42.5 Å². The smallest absolute Gasteiger partial charge is 0.339 e. The Labute approximate surface area is 123 Å². The fourth-order valence-electron chi connectivity index (χ4n) is 1.56. The predicted molar refractivity (Wildman–Crippen MR) is 78.2 cm³/mol. The summed E-state index contributed by atoms with van der Waals surface area (Å²) in [4.78, 5) is 13.0. The monoisotopic (exact) mass is 338 g/mol. The second-order valence-electron chi connectivity index (χ2n) is 3.72. The second-order valence-corrected chi connectivity index (χ2v) is 5.79. The average molecular weight is 339 g/mol. The van der Waals surface area contributed by atoms with E-state index >= 15 is 0 Å². The van der Waals surface area contributed by atoms with Crippen molar-refractivity contribution in [1.82, 2.24) is 0 Å². The molecule has 2 aromatic rings. The van der Waals surface area contributed by atoms with Gasteiger partial charge < -0.3 is 9.84 Å².